The lowest BCUT2D eigenvalue weighted by Crippen LogP contribution is -2.21. The maximum absolute atomic E-state index is 12.5. The number of nitrogens with one attached hydrogen (secondary N) is 1. The quantitative estimate of drug-likeness (QED) is 0.494. The van der Waals surface area contributed by atoms with Gasteiger partial charge in [0.05, 0.1) is 16.3 Å². The Hall–Kier alpha value is -2.21. The first kappa shape index (κ1) is 22.1. The molecule has 0 spiro atoms. The highest BCUT2D eigenvalue weighted by Crippen LogP contribution is 2.31. The number of hydrogen-bond donors (Lipinski definition) is 2. The molecule has 0 heterocycles. The van der Waals surface area contributed by atoms with Gasteiger partial charge in [0.25, 0.3) is 11.7 Å². The number of nitrogens with two attached hydrogens (primary N) is 1. The van der Waals surface area contributed by atoms with E-state index in [9.17, 15) is 26.8 Å². The van der Waals surface area contributed by atoms with Crippen LogP contribution in [0.4, 0.5) is 14.5 Å². The van der Waals surface area contributed by atoms with E-state index in [1.54, 1.807) is 6.07 Å². The van der Waals surface area contributed by atoms with Gasteiger partial charge in [-0.2, -0.15) is 8.78 Å². The van der Waals surface area contributed by atoms with Crippen LogP contribution in [0.25, 0.3) is 0 Å². The van der Waals surface area contributed by atoms with Crippen molar-refractivity contribution in [1.29, 1.82) is 0 Å². The van der Waals surface area contributed by atoms with E-state index >= 15 is 0 Å². The first-order valence-corrected chi connectivity index (χ1v) is 10.2. The summed E-state index contributed by atoms with van der Waals surface area (Å²) in [5.74, 6) is -4.43. The van der Waals surface area contributed by atoms with Crippen LogP contribution >= 0.6 is 23.4 Å². The smallest absolute Gasteiger partial charge is 0.338 e. The van der Waals surface area contributed by atoms with Gasteiger partial charge in [0, 0.05) is 4.90 Å². The molecule has 0 saturated heterocycles. The third kappa shape index (κ3) is 6.16. The minimum absolute atomic E-state index is 0.136. The summed E-state index contributed by atoms with van der Waals surface area (Å²) in [4.78, 5) is 23.6. The molecule has 0 aliphatic heterocycles. The van der Waals surface area contributed by atoms with Gasteiger partial charge in [-0.05, 0) is 30.3 Å². The number of carbonyl (C=O) groups is 2. The number of carbonyl (C=O) groups excluding carboxylic acids is 2. The average molecular weight is 451 g/mol. The molecule has 0 atom stereocenters. The van der Waals surface area contributed by atoms with E-state index in [4.69, 9.17) is 21.5 Å². The summed E-state index contributed by atoms with van der Waals surface area (Å²) in [5, 5.41) is 7.18. The van der Waals surface area contributed by atoms with Crippen molar-refractivity contribution in [2.45, 2.75) is 15.5 Å². The van der Waals surface area contributed by atoms with E-state index in [-0.39, 0.29) is 32.9 Å². The van der Waals surface area contributed by atoms with Crippen molar-refractivity contribution in [3.63, 3.8) is 0 Å². The molecule has 0 aliphatic rings. The van der Waals surface area contributed by atoms with Gasteiger partial charge >= 0.3 is 5.97 Å². The predicted molar refractivity (Wildman–Crippen MR) is 100 cm³/mol. The molecule has 0 unspecified atom stereocenters. The largest absolute Gasteiger partial charge is 0.452 e. The number of primary sulfonamides is 1. The number of rotatable bonds is 7. The van der Waals surface area contributed by atoms with Crippen molar-refractivity contribution >= 4 is 50.9 Å². The molecule has 7 nitrogen and oxygen atoms in total. The Morgan fingerprint density at radius 2 is 1.89 bits per heavy atom. The van der Waals surface area contributed by atoms with Crippen LogP contribution < -0.4 is 10.5 Å². The number of ether oxygens (including phenoxy) is 1. The molecule has 12 heteroatoms. The first-order valence-electron chi connectivity index (χ1n) is 7.41. The fourth-order valence-corrected chi connectivity index (χ4v) is 3.68. The van der Waals surface area contributed by atoms with Gasteiger partial charge in [0.15, 0.2) is 6.61 Å². The van der Waals surface area contributed by atoms with E-state index in [0.29, 0.717) is 0 Å². The molecule has 150 valence electrons. The number of anilines is 1. The molecule has 2 aromatic rings. The molecule has 0 aliphatic carbocycles. The second-order valence-electron chi connectivity index (χ2n) is 5.19. The Kier molecular flexibility index (Phi) is 7.35. The number of halogens is 3. The Labute approximate surface area is 168 Å². The molecule has 2 rings (SSSR count). The standard InChI is InChI=1S/C16H13ClF2N2O5S2/c17-10-6-5-9(7-13(10)28(20,24)25)15(23)26-8-14(22)21-11-3-1-2-4-12(11)27-16(18)19/h1-7,16H,8H2,(H,21,22)(H2,20,24,25). The van der Waals surface area contributed by atoms with E-state index in [2.05, 4.69) is 5.32 Å². The van der Waals surface area contributed by atoms with Crippen molar-refractivity contribution in [3.8, 4) is 0 Å². The second-order valence-corrected chi connectivity index (χ2v) is 8.16. The highest BCUT2D eigenvalue weighted by molar-refractivity contribution is 7.99. The average Bonchev–Trinajstić information content (AvgIpc) is 2.60. The minimum Gasteiger partial charge on any atom is -0.452 e. The Morgan fingerprint density at radius 1 is 1.21 bits per heavy atom. The number of hydrogen-bond acceptors (Lipinski definition) is 6. The highest BCUT2D eigenvalue weighted by atomic mass is 35.5. The summed E-state index contributed by atoms with van der Waals surface area (Å²) in [5.41, 5.74) is -0.0493. The molecule has 28 heavy (non-hydrogen) atoms. The van der Waals surface area contributed by atoms with Gasteiger partial charge < -0.3 is 10.1 Å². The maximum atomic E-state index is 12.5. The van der Waals surface area contributed by atoms with Gasteiger partial charge in [0.2, 0.25) is 10.0 Å². The number of amides is 1. The molecule has 0 aromatic heterocycles. The predicted octanol–water partition coefficient (Wildman–Crippen LogP) is 3.10. The topological polar surface area (TPSA) is 116 Å². The van der Waals surface area contributed by atoms with E-state index in [1.165, 1.54) is 24.3 Å². The lowest BCUT2D eigenvalue weighted by molar-refractivity contribution is -0.119. The minimum atomic E-state index is -4.16. The summed E-state index contributed by atoms with van der Waals surface area (Å²) in [6.45, 7) is -0.722. The maximum Gasteiger partial charge on any atom is 0.338 e. The van der Waals surface area contributed by atoms with Crippen molar-refractivity contribution < 1.29 is 31.5 Å². The molecule has 0 fully saturated rings. The summed E-state index contributed by atoms with van der Waals surface area (Å²) in [6, 6.07) is 9.17. The van der Waals surface area contributed by atoms with Crippen LogP contribution in [-0.2, 0) is 19.6 Å². The zero-order valence-electron chi connectivity index (χ0n) is 13.9. The third-order valence-corrected chi connectivity index (χ3v) is 5.37. The van der Waals surface area contributed by atoms with E-state index in [1.807, 2.05) is 0 Å². The summed E-state index contributed by atoms with van der Waals surface area (Å²) in [7, 11) is -4.16. The molecule has 0 saturated carbocycles. The molecule has 2 aromatic carbocycles. The number of alkyl halides is 2. The molecular formula is C16H13ClF2N2O5S2. The van der Waals surface area contributed by atoms with E-state index < -0.39 is 39.2 Å². The Morgan fingerprint density at radius 3 is 2.54 bits per heavy atom. The number of sulfonamides is 1. The molecule has 0 bridgehead atoms. The van der Waals surface area contributed by atoms with Gasteiger partial charge in [0.1, 0.15) is 4.90 Å². The van der Waals surface area contributed by atoms with Crippen LogP contribution in [0.2, 0.25) is 5.02 Å². The van der Waals surface area contributed by atoms with Crippen LogP contribution in [0, 0.1) is 0 Å². The number of thioether (sulfide) groups is 1. The van der Waals surface area contributed by atoms with Crippen molar-refractivity contribution in [2.24, 2.45) is 5.14 Å². The number of esters is 1. The van der Waals surface area contributed by atoms with Crippen LogP contribution in [0.3, 0.4) is 0 Å². The number of para-hydroxylation sites is 1. The molecular weight excluding hydrogens is 438 g/mol. The van der Waals surface area contributed by atoms with Crippen molar-refractivity contribution in [3.05, 3.63) is 53.1 Å². The first-order chi connectivity index (χ1) is 13.1. The molecule has 1 amide bonds. The molecule has 3 N–H and O–H groups in total. The van der Waals surface area contributed by atoms with Gasteiger partial charge in [-0.3, -0.25) is 4.79 Å². The van der Waals surface area contributed by atoms with Crippen LogP contribution in [0.1, 0.15) is 10.4 Å². The van der Waals surface area contributed by atoms with Crippen LogP contribution in [-0.4, -0.2) is 32.7 Å². The highest BCUT2D eigenvalue weighted by Gasteiger charge is 2.18. The monoisotopic (exact) mass is 450 g/mol. The number of benzene rings is 2. The van der Waals surface area contributed by atoms with Crippen molar-refractivity contribution in [2.75, 3.05) is 11.9 Å². The fourth-order valence-electron chi connectivity index (χ4n) is 2.02. The zero-order valence-corrected chi connectivity index (χ0v) is 16.3. The normalized spacial score (nSPS) is 11.3. The van der Waals surface area contributed by atoms with Gasteiger partial charge in [-0.15, -0.1) is 0 Å². The fraction of sp³-hybridized carbons (Fsp3) is 0.125. The molecule has 0 radical (unpaired) electrons. The van der Waals surface area contributed by atoms with Crippen LogP contribution in [0.15, 0.2) is 52.3 Å². The van der Waals surface area contributed by atoms with Gasteiger partial charge in [-0.1, -0.05) is 35.5 Å². The lowest BCUT2D eigenvalue weighted by Gasteiger charge is -2.11. The van der Waals surface area contributed by atoms with E-state index in [0.717, 1.165) is 12.1 Å². The van der Waals surface area contributed by atoms with Gasteiger partial charge in [-0.25, -0.2) is 18.4 Å². The third-order valence-electron chi connectivity index (χ3n) is 3.18. The Balaban J connectivity index is 2.03. The van der Waals surface area contributed by atoms with Crippen LogP contribution in [0.5, 0.6) is 0 Å². The summed E-state index contributed by atoms with van der Waals surface area (Å²) >= 11 is 5.98. The SMILES string of the molecule is NS(=O)(=O)c1cc(C(=O)OCC(=O)Nc2ccccc2SC(F)F)ccc1Cl. The zero-order chi connectivity index (χ0) is 20.9. The van der Waals surface area contributed by atoms with Crippen molar-refractivity contribution in [1.82, 2.24) is 0 Å². The summed E-state index contributed by atoms with van der Waals surface area (Å²) < 4.78 is 52.8. The lowest BCUT2D eigenvalue weighted by atomic mass is 10.2. The second kappa shape index (κ2) is 9.32. The summed E-state index contributed by atoms with van der Waals surface area (Å²) in [6.07, 6.45) is 0. The Bertz CT molecular complexity index is 1000.